The summed E-state index contributed by atoms with van der Waals surface area (Å²) in [7, 11) is 0. The maximum absolute atomic E-state index is 12.5. The van der Waals surface area contributed by atoms with Crippen LogP contribution >= 0.6 is 0 Å². The number of likely N-dealkylation sites (tertiary alicyclic amines) is 1. The molecule has 2 amide bonds. The lowest BCUT2D eigenvalue weighted by Crippen LogP contribution is -2.51. The highest BCUT2D eigenvalue weighted by atomic mass is 16.3. The summed E-state index contributed by atoms with van der Waals surface area (Å²) in [6.45, 7) is 7.11. The number of nitrogens with zero attached hydrogens (tertiary/aromatic N) is 1. The third-order valence-electron chi connectivity index (χ3n) is 4.37. The molecule has 1 heterocycles. The summed E-state index contributed by atoms with van der Waals surface area (Å²) < 4.78 is 0. The molecule has 1 aromatic carbocycles. The fourth-order valence-corrected chi connectivity index (χ4v) is 2.95. The summed E-state index contributed by atoms with van der Waals surface area (Å²) in [5, 5.41) is 12.5. The zero-order valence-electron chi connectivity index (χ0n) is 13.2. The maximum Gasteiger partial charge on any atom is 0.322 e. The van der Waals surface area contributed by atoms with Crippen LogP contribution in [0.5, 0.6) is 0 Å². The molecular weight excluding hydrogens is 264 g/mol. The van der Waals surface area contributed by atoms with E-state index in [0.717, 1.165) is 18.5 Å². The van der Waals surface area contributed by atoms with Crippen LogP contribution < -0.4 is 5.32 Å². The zero-order valence-corrected chi connectivity index (χ0v) is 13.2. The number of hydrogen-bond donors (Lipinski definition) is 2. The quantitative estimate of drug-likeness (QED) is 0.896. The highest BCUT2D eigenvalue weighted by Gasteiger charge is 2.31. The molecule has 2 N–H and O–H groups in total. The average Bonchev–Trinajstić information content (AvgIpc) is 2.47. The van der Waals surface area contributed by atoms with Gasteiger partial charge in [0.25, 0.3) is 0 Å². The predicted octanol–water partition coefficient (Wildman–Crippen LogP) is 3.43. The highest BCUT2D eigenvalue weighted by molar-refractivity contribution is 5.89. The van der Waals surface area contributed by atoms with Crippen LogP contribution in [0.3, 0.4) is 0 Å². The van der Waals surface area contributed by atoms with Gasteiger partial charge in [0, 0.05) is 12.2 Å². The first-order chi connectivity index (χ1) is 10.0. The van der Waals surface area contributed by atoms with E-state index in [2.05, 4.69) is 32.2 Å². The van der Waals surface area contributed by atoms with Crippen molar-refractivity contribution < 1.29 is 9.90 Å². The van der Waals surface area contributed by atoms with Crippen molar-refractivity contribution in [1.29, 1.82) is 0 Å². The Balaban J connectivity index is 2.08. The number of rotatable bonds is 3. The van der Waals surface area contributed by atoms with Gasteiger partial charge in [0.1, 0.15) is 0 Å². The minimum atomic E-state index is -0.110. The van der Waals surface area contributed by atoms with Gasteiger partial charge in [-0.05, 0) is 42.4 Å². The van der Waals surface area contributed by atoms with Gasteiger partial charge in [-0.15, -0.1) is 0 Å². The summed E-state index contributed by atoms with van der Waals surface area (Å²) >= 11 is 0. The number of nitrogens with one attached hydrogen (secondary N) is 1. The minimum absolute atomic E-state index is 0.0284. The smallest absolute Gasteiger partial charge is 0.322 e. The molecule has 2 unspecified atom stereocenters. The molecule has 0 aliphatic carbocycles. The number of hydrogen-bond acceptors (Lipinski definition) is 2. The number of piperidine rings is 1. The maximum atomic E-state index is 12.5. The second-order valence-corrected chi connectivity index (χ2v) is 6.27. The summed E-state index contributed by atoms with van der Waals surface area (Å²) in [4.78, 5) is 14.2. The van der Waals surface area contributed by atoms with Gasteiger partial charge in [-0.2, -0.15) is 0 Å². The molecule has 0 saturated carbocycles. The number of aliphatic hydroxyl groups is 1. The van der Waals surface area contributed by atoms with Crippen LogP contribution in [0.2, 0.25) is 0 Å². The first kappa shape index (κ1) is 15.8. The lowest BCUT2D eigenvalue weighted by molar-refractivity contribution is 0.0811. The number of urea groups is 1. The Kier molecular flexibility index (Phi) is 5.23. The van der Waals surface area contributed by atoms with E-state index < -0.39 is 0 Å². The second kappa shape index (κ2) is 6.94. The van der Waals surface area contributed by atoms with Crippen LogP contribution in [0, 0.1) is 5.92 Å². The lowest BCUT2D eigenvalue weighted by Gasteiger charge is -2.38. The van der Waals surface area contributed by atoms with Crippen LogP contribution in [0.1, 0.15) is 45.1 Å². The third-order valence-corrected chi connectivity index (χ3v) is 4.37. The minimum Gasteiger partial charge on any atom is -0.394 e. The van der Waals surface area contributed by atoms with Gasteiger partial charge < -0.3 is 15.3 Å². The molecule has 1 fully saturated rings. The molecule has 0 aromatic heterocycles. The molecule has 116 valence electrons. The van der Waals surface area contributed by atoms with E-state index in [-0.39, 0.29) is 18.7 Å². The van der Waals surface area contributed by atoms with Crippen molar-refractivity contribution in [3.63, 3.8) is 0 Å². The van der Waals surface area contributed by atoms with Gasteiger partial charge in [-0.3, -0.25) is 0 Å². The van der Waals surface area contributed by atoms with E-state index in [1.54, 1.807) is 4.90 Å². The van der Waals surface area contributed by atoms with Crippen molar-refractivity contribution >= 4 is 11.7 Å². The molecule has 1 aliphatic rings. The summed E-state index contributed by atoms with van der Waals surface area (Å²) in [5.74, 6) is 0.776. The molecular formula is C17H26N2O2. The van der Waals surface area contributed by atoms with E-state index in [9.17, 15) is 9.90 Å². The van der Waals surface area contributed by atoms with Gasteiger partial charge in [0.2, 0.25) is 0 Å². The summed E-state index contributed by atoms with van der Waals surface area (Å²) in [6.07, 6.45) is 2.06. The van der Waals surface area contributed by atoms with Gasteiger partial charge in [-0.25, -0.2) is 4.79 Å². The fraction of sp³-hybridized carbons (Fsp3) is 0.588. The molecule has 0 radical (unpaired) electrons. The number of benzene rings is 1. The molecule has 4 heteroatoms. The molecule has 2 atom stereocenters. The number of aliphatic hydroxyl groups excluding tert-OH is 1. The number of amides is 2. The predicted molar refractivity (Wildman–Crippen MR) is 85.5 cm³/mol. The average molecular weight is 290 g/mol. The normalized spacial score (nSPS) is 22.4. The van der Waals surface area contributed by atoms with Crippen molar-refractivity contribution in [2.45, 2.75) is 45.6 Å². The van der Waals surface area contributed by atoms with Gasteiger partial charge >= 0.3 is 6.03 Å². The SMILES string of the molecule is CC(C)c1cccc(NC(=O)N2CCCC(C)C2CO)c1. The topological polar surface area (TPSA) is 52.6 Å². The van der Waals surface area contributed by atoms with Gasteiger partial charge in [0.15, 0.2) is 0 Å². The molecule has 1 aromatic rings. The Labute approximate surface area is 127 Å². The Morgan fingerprint density at radius 2 is 2.24 bits per heavy atom. The molecule has 4 nitrogen and oxygen atoms in total. The van der Waals surface area contributed by atoms with Crippen LogP contribution in [-0.4, -0.2) is 35.2 Å². The molecule has 0 bridgehead atoms. The van der Waals surface area contributed by atoms with Crippen molar-refractivity contribution in [2.75, 3.05) is 18.5 Å². The van der Waals surface area contributed by atoms with Crippen molar-refractivity contribution in [2.24, 2.45) is 5.92 Å². The Morgan fingerprint density at radius 1 is 1.48 bits per heavy atom. The Hall–Kier alpha value is -1.55. The Bertz CT molecular complexity index is 487. The Morgan fingerprint density at radius 3 is 2.90 bits per heavy atom. The van der Waals surface area contributed by atoms with E-state index >= 15 is 0 Å². The highest BCUT2D eigenvalue weighted by Crippen LogP contribution is 2.24. The monoisotopic (exact) mass is 290 g/mol. The lowest BCUT2D eigenvalue weighted by atomic mass is 9.91. The fourth-order valence-electron chi connectivity index (χ4n) is 2.95. The van der Waals surface area contributed by atoms with Crippen molar-refractivity contribution in [3.8, 4) is 0 Å². The number of carbonyl (C=O) groups is 1. The summed E-state index contributed by atoms with van der Waals surface area (Å²) in [6, 6.07) is 7.77. The van der Waals surface area contributed by atoms with E-state index in [1.807, 2.05) is 18.2 Å². The van der Waals surface area contributed by atoms with Crippen LogP contribution in [-0.2, 0) is 0 Å². The van der Waals surface area contributed by atoms with Crippen molar-refractivity contribution in [3.05, 3.63) is 29.8 Å². The van der Waals surface area contributed by atoms with Crippen LogP contribution in [0.25, 0.3) is 0 Å². The number of anilines is 1. The van der Waals surface area contributed by atoms with E-state index in [0.29, 0.717) is 18.4 Å². The summed E-state index contributed by atoms with van der Waals surface area (Å²) in [5.41, 5.74) is 2.03. The van der Waals surface area contributed by atoms with E-state index in [1.165, 1.54) is 5.56 Å². The third kappa shape index (κ3) is 3.76. The van der Waals surface area contributed by atoms with Crippen LogP contribution in [0.4, 0.5) is 10.5 Å². The van der Waals surface area contributed by atoms with E-state index in [4.69, 9.17) is 0 Å². The first-order valence-electron chi connectivity index (χ1n) is 7.81. The number of carbonyl (C=O) groups excluding carboxylic acids is 1. The largest absolute Gasteiger partial charge is 0.394 e. The standard InChI is InChI=1S/C17H26N2O2/c1-12(2)14-7-4-8-15(10-14)18-17(21)19-9-5-6-13(3)16(19)11-20/h4,7-8,10,12-13,16,20H,5-6,9,11H2,1-3H3,(H,18,21). The van der Waals surface area contributed by atoms with Gasteiger partial charge in [-0.1, -0.05) is 32.9 Å². The van der Waals surface area contributed by atoms with Crippen molar-refractivity contribution in [1.82, 2.24) is 4.90 Å². The molecule has 1 saturated heterocycles. The zero-order chi connectivity index (χ0) is 15.4. The molecule has 0 spiro atoms. The molecule has 2 rings (SSSR count). The van der Waals surface area contributed by atoms with Crippen LogP contribution in [0.15, 0.2) is 24.3 Å². The molecule has 21 heavy (non-hydrogen) atoms. The molecule has 1 aliphatic heterocycles. The van der Waals surface area contributed by atoms with Gasteiger partial charge in [0.05, 0.1) is 12.6 Å². The second-order valence-electron chi connectivity index (χ2n) is 6.27. The first-order valence-corrected chi connectivity index (χ1v) is 7.81.